The molecule has 2 aromatic carbocycles. The normalized spacial score (nSPS) is 16.6. The highest BCUT2D eigenvalue weighted by Crippen LogP contribution is 2.24. The first-order valence-corrected chi connectivity index (χ1v) is 7.83. The number of amides is 3. The topological polar surface area (TPSA) is 70.7 Å². The molecule has 25 heavy (non-hydrogen) atoms. The number of hydrogen-bond donors (Lipinski definition) is 2. The van der Waals surface area contributed by atoms with Crippen LogP contribution in [0.3, 0.4) is 0 Å². The summed E-state index contributed by atoms with van der Waals surface area (Å²) in [5.74, 6) is -0.0228. The van der Waals surface area contributed by atoms with E-state index in [2.05, 4.69) is 10.6 Å². The van der Waals surface area contributed by atoms with E-state index in [1.807, 2.05) is 0 Å². The van der Waals surface area contributed by atoms with Crippen LogP contribution in [0.4, 0.5) is 20.6 Å². The highest BCUT2D eigenvalue weighted by molar-refractivity contribution is 5.97. The summed E-state index contributed by atoms with van der Waals surface area (Å²) in [5.41, 5.74) is 1.02. The van der Waals surface area contributed by atoms with Crippen molar-refractivity contribution in [2.75, 3.05) is 23.9 Å². The maximum atomic E-state index is 13.3. The average molecular weight is 343 g/mol. The number of halogens is 1. The van der Waals surface area contributed by atoms with Crippen LogP contribution in [-0.2, 0) is 4.79 Å². The summed E-state index contributed by atoms with van der Waals surface area (Å²) in [4.78, 5) is 25.8. The van der Waals surface area contributed by atoms with Gasteiger partial charge in [-0.05, 0) is 30.3 Å². The molecule has 0 aliphatic carbocycles. The Morgan fingerprint density at radius 2 is 2.04 bits per heavy atom. The number of hydrogen-bond acceptors (Lipinski definition) is 3. The molecule has 2 N–H and O–H groups in total. The minimum Gasteiger partial charge on any atom is -0.495 e. The van der Waals surface area contributed by atoms with E-state index in [0.717, 1.165) is 0 Å². The second kappa shape index (κ2) is 7.21. The number of urea groups is 1. The monoisotopic (exact) mass is 343 g/mol. The lowest BCUT2D eigenvalue weighted by Gasteiger charge is -2.18. The van der Waals surface area contributed by atoms with Crippen molar-refractivity contribution in [1.82, 2.24) is 5.32 Å². The van der Waals surface area contributed by atoms with Crippen LogP contribution in [-0.4, -0.2) is 31.6 Å². The van der Waals surface area contributed by atoms with Gasteiger partial charge in [0.1, 0.15) is 11.6 Å². The lowest BCUT2D eigenvalue weighted by molar-refractivity contribution is -0.117. The van der Waals surface area contributed by atoms with Gasteiger partial charge in [-0.25, -0.2) is 9.18 Å². The third-order valence-corrected chi connectivity index (χ3v) is 3.94. The van der Waals surface area contributed by atoms with E-state index in [0.29, 0.717) is 23.7 Å². The zero-order valence-corrected chi connectivity index (χ0v) is 13.7. The molecule has 6 nitrogen and oxygen atoms in total. The zero-order chi connectivity index (χ0) is 17.8. The molecule has 3 rings (SSSR count). The fraction of sp³-hybridized carbons (Fsp3) is 0.222. The maximum Gasteiger partial charge on any atom is 0.319 e. The Kier molecular flexibility index (Phi) is 4.83. The van der Waals surface area contributed by atoms with E-state index in [4.69, 9.17) is 4.74 Å². The molecule has 0 saturated carbocycles. The summed E-state index contributed by atoms with van der Waals surface area (Å²) in [7, 11) is 1.52. The van der Waals surface area contributed by atoms with Gasteiger partial charge >= 0.3 is 6.03 Å². The third-order valence-electron chi connectivity index (χ3n) is 3.94. The van der Waals surface area contributed by atoms with Crippen LogP contribution in [0.25, 0.3) is 0 Å². The molecule has 0 radical (unpaired) electrons. The Morgan fingerprint density at radius 1 is 1.24 bits per heavy atom. The molecule has 3 amide bonds. The summed E-state index contributed by atoms with van der Waals surface area (Å²) >= 11 is 0. The van der Waals surface area contributed by atoms with Gasteiger partial charge in [0.05, 0.1) is 18.8 Å². The molecule has 2 aromatic rings. The number of anilines is 2. The molecule has 1 fully saturated rings. The van der Waals surface area contributed by atoms with Crippen molar-refractivity contribution < 1.29 is 18.7 Å². The van der Waals surface area contributed by atoms with Crippen LogP contribution in [0.2, 0.25) is 0 Å². The predicted octanol–water partition coefficient (Wildman–Crippen LogP) is 2.76. The summed E-state index contributed by atoms with van der Waals surface area (Å²) in [6.45, 7) is 0.293. The minimum atomic E-state index is -0.427. The molecular weight excluding hydrogens is 325 g/mol. The van der Waals surface area contributed by atoms with Gasteiger partial charge in [-0.1, -0.05) is 18.2 Å². The number of ether oxygens (including phenoxy) is 1. The Hall–Kier alpha value is -3.09. The molecule has 0 spiro atoms. The van der Waals surface area contributed by atoms with Crippen molar-refractivity contribution in [3.63, 3.8) is 0 Å². The largest absolute Gasteiger partial charge is 0.495 e. The van der Waals surface area contributed by atoms with Crippen molar-refractivity contribution in [2.45, 2.75) is 12.5 Å². The second-order valence-electron chi connectivity index (χ2n) is 5.68. The molecule has 0 unspecified atom stereocenters. The number of methoxy groups -OCH3 is 1. The van der Waals surface area contributed by atoms with Crippen LogP contribution < -0.4 is 20.3 Å². The highest BCUT2D eigenvalue weighted by atomic mass is 19.1. The minimum absolute atomic E-state index is 0.159. The van der Waals surface area contributed by atoms with Gasteiger partial charge in [-0.2, -0.15) is 0 Å². The van der Waals surface area contributed by atoms with E-state index in [9.17, 15) is 14.0 Å². The maximum absolute atomic E-state index is 13.3. The molecule has 7 heteroatoms. The second-order valence-corrected chi connectivity index (χ2v) is 5.68. The van der Waals surface area contributed by atoms with E-state index in [-0.39, 0.29) is 18.4 Å². The number of benzene rings is 2. The molecule has 0 bridgehead atoms. The molecule has 1 atom stereocenters. The SMILES string of the molecule is COc1ccccc1NC(=O)N[C@H]1CC(=O)N(c2cccc(F)c2)C1. The number of nitrogens with one attached hydrogen (secondary N) is 2. The van der Waals surface area contributed by atoms with Gasteiger partial charge in [-0.3, -0.25) is 4.79 Å². The molecule has 1 aliphatic rings. The van der Waals surface area contributed by atoms with Crippen molar-refractivity contribution in [3.05, 3.63) is 54.3 Å². The van der Waals surface area contributed by atoms with E-state index in [1.54, 1.807) is 36.4 Å². The summed E-state index contributed by atoms with van der Waals surface area (Å²) < 4.78 is 18.5. The summed E-state index contributed by atoms with van der Waals surface area (Å²) in [6.07, 6.45) is 0.163. The highest BCUT2D eigenvalue weighted by Gasteiger charge is 2.31. The van der Waals surface area contributed by atoms with Crippen molar-refractivity contribution >= 4 is 23.3 Å². The standard InChI is InChI=1S/C18H18FN3O3/c1-25-16-8-3-2-7-15(16)21-18(24)20-13-10-17(23)22(11-13)14-6-4-5-12(19)9-14/h2-9,13H,10-11H2,1H3,(H2,20,21,24)/t13-/m0/s1. The third kappa shape index (κ3) is 3.88. The van der Waals surface area contributed by atoms with Gasteiger partial charge in [0.2, 0.25) is 5.91 Å². The average Bonchev–Trinajstić information content (AvgIpc) is 2.95. The lowest BCUT2D eigenvalue weighted by Crippen LogP contribution is -2.39. The molecule has 130 valence electrons. The van der Waals surface area contributed by atoms with Crippen molar-refractivity contribution in [2.24, 2.45) is 0 Å². The van der Waals surface area contributed by atoms with Gasteiger partial charge in [0, 0.05) is 18.7 Å². The number of rotatable bonds is 4. The van der Waals surface area contributed by atoms with Crippen LogP contribution in [0.15, 0.2) is 48.5 Å². The van der Waals surface area contributed by atoms with Gasteiger partial charge in [-0.15, -0.1) is 0 Å². The Bertz CT molecular complexity index is 797. The van der Waals surface area contributed by atoms with Gasteiger partial charge in [0.15, 0.2) is 0 Å². The molecule has 1 aliphatic heterocycles. The van der Waals surface area contributed by atoms with E-state index in [1.165, 1.54) is 24.1 Å². The smallest absolute Gasteiger partial charge is 0.319 e. The van der Waals surface area contributed by atoms with E-state index >= 15 is 0 Å². The van der Waals surface area contributed by atoms with Crippen molar-refractivity contribution in [1.29, 1.82) is 0 Å². The Morgan fingerprint density at radius 3 is 2.80 bits per heavy atom. The first-order chi connectivity index (χ1) is 12.1. The molecule has 1 heterocycles. The zero-order valence-electron chi connectivity index (χ0n) is 13.7. The first kappa shape index (κ1) is 16.8. The van der Waals surface area contributed by atoms with Crippen LogP contribution >= 0.6 is 0 Å². The Labute approximate surface area is 144 Å². The Balaban J connectivity index is 1.62. The lowest BCUT2D eigenvalue weighted by atomic mass is 10.2. The predicted molar refractivity (Wildman–Crippen MR) is 92.3 cm³/mol. The molecule has 1 saturated heterocycles. The van der Waals surface area contributed by atoms with Crippen LogP contribution in [0, 0.1) is 5.82 Å². The number of carbonyl (C=O) groups excluding carboxylic acids is 2. The first-order valence-electron chi connectivity index (χ1n) is 7.83. The fourth-order valence-electron chi connectivity index (χ4n) is 2.79. The van der Waals surface area contributed by atoms with Gasteiger partial charge in [0.25, 0.3) is 0 Å². The van der Waals surface area contributed by atoms with Crippen LogP contribution in [0.5, 0.6) is 5.75 Å². The van der Waals surface area contributed by atoms with Gasteiger partial charge < -0.3 is 20.3 Å². The number of carbonyl (C=O) groups is 2. The number of nitrogens with zero attached hydrogens (tertiary/aromatic N) is 1. The molecular formula is C18H18FN3O3. The number of para-hydroxylation sites is 2. The fourth-order valence-corrected chi connectivity index (χ4v) is 2.79. The summed E-state index contributed by atoms with van der Waals surface area (Å²) in [6, 6.07) is 12.1. The summed E-state index contributed by atoms with van der Waals surface area (Å²) in [5, 5.41) is 5.46. The molecule has 0 aromatic heterocycles. The van der Waals surface area contributed by atoms with E-state index < -0.39 is 11.8 Å². The van der Waals surface area contributed by atoms with Crippen molar-refractivity contribution in [3.8, 4) is 5.75 Å². The quantitative estimate of drug-likeness (QED) is 0.897. The van der Waals surface area contributed by atoms with Crippen LogP contribution in [0.1, 0.15) is 6.42 Å².